The Morgan fingerprint density at radius 2 is 2.25 bits per heavy atom. The van der Waals surface area contributed by atoms with Crippen molar-refractivity contribution in [3.8, 4) is 0 Å². The van der Waals surface area contributed by atoms with Gasteiger partial charge >= 0.3 is 6.03 Å². The van der Waals surface area contributed by atoms with Crippen molar-refractivity contribution in [1.82, 2.24) is 10.6 Å². The maximum atomic E-state index is 11.7. The highest BCUT2D eigenvalue weighted by atomic mass is 32.2. The summed E-state index contributed by atoms with van der Waals surface area (Å²) < 4.78 is 5.39. The van der Waals surface area contributed by atoms with Crippen molar-refractivity contribution >= 4 is 17.8 Å². The van der Waals surface area contributed by atoms with E-state index in [4.69, 9.17) is 4.42 Å². The second kappa shape index (κ2) is 7.59. The first kappa shape index (κ1) is 16.9. The molecule has 0 saturated heterocycles. The van der Waals surface area contributed by atoms with Gasteiger partial charge in [-0.05, 0) is 51.3 Å². The van der Waals surface area contributed by atoms with Crippen LogP contribution in [0.15, 0.2) is 16.5 Å². The minimum atomic E-state index is -1.21. The molecule has 2 atom stereocenters. The van der Waals surface area contributed by atoms with E-state index in [1.54, 1.807) is 30.8 Å². The van der Waals surface area contributed by atoms with E-state index in [0.717, 1.165) is 17.9 Å². The molecule has 2 amide bonds. The first-order valence-electron chi connectivity index (χ1n) is 6.67. The van der Waals surface area contributed by atoms with E-state index in [1.807, 2.05) is 20.1 Å². The van der Waals surface area contributed by atoms with E-state index in [0.29, 0.717) is 5.76 Å². The zero-order chi connectivity index (χ0) is 15.2. The summed E-state index contributed by atoms with van der Waals surface area (Å²) in [5.41, 5.74) is -1.21. The van der Waals surface area contributed by atoms with E-state index in [1.165, 1.54) is 0 Å². The molecule has 0 aliphatic carbocycles. The molecule has 0 unspecified atom stereocenters. The van der Waals surface area contributed by atoms with Crippen LogP contribution in [-0.2, 0) is 5.60 Å². The van der Waals surface area contributed by atoms with Crippen LogP contribution in [0.25, 0.3) is 0 Å². The van der Waals surface area contributed by atoms with Crippen LogP contribution in [-0.4, -0.2) is 35.7 Å². The Morgan fingerprint density at radius 1 is 1.55 bits per heavy atom. The van der Waals surface area contributed by atoms with Gasteiger partial charge in [0, 0.05) is 6.04 Å². The van der Waals surface area contributed by atoms with Gasteiger partial charge in [-0.1, -0.05) is 0 Å². The van der Waals surface area contributed by atoms with Crippen LogP contribution in [0.4, 0.5) is 4.79 Å². The number of nitrogens with one attached hydrogen (secondary N) is 2. The van der Waals surface area contributed by atoms with Gasteiger partial charge in [0.1, 0.15) is 17.1 Å². The summed E-state index contributed by atoms with van der Waals surface area (Å²) in [5.74, 6) is 2.19. The van der Waals surface area contributed by atoms with Gasteiger partial charge in [0.25, 0.3) is 0 Å². The van der Waals surface area contributed by atoms with Crippen molar-refractivity contribution in [2.75, 3.05) is 18.6 Å². The molecule has 1 aromatic heterocycles. The first-order valence-corrected chi connectivity index (χ1v) is 8.07. The van der Waals surface area contributed by atoms with Crippen molar-refractivity contribution < 1.29 is 14.3 Å². The highest BCUT2D eigenvalue weighted by Crippen LogP contribution is 2.21. The summed E-state index contributed by atoms with van der Waals surface area (Å²) in [6, 6.07) is 3.34. The summed E-state index contributed by atoms with van der Waals surface area (Å²) in [6.07, 6.45) is 2.96. The average molecular weight is 300 g/mol. The summed E-state index contributed by atoms with van der Waals surface area (Å²) in [4.78, 5) is 11.7. The number of carbonyl (C=O) groups is 1. The topological polar surface area (TPSA) is 74.5 Å². The number of thioether (sulfide) groups is 1. The fourth-order valence-electron chi connectivity index (χ4n) is 1.71. The fraction of sp³-hybridized carbons (Fsp3) is 0.643. The van der Waals surface area contributed by atoms with Gasteiger partial charge in [-0.15, -0.1) is 0 Å². The number of aryl methyl sites for hydroxylation is 1. The highest BCUT2D eigenvalue weighted by molar-refractivity contribution is 7.98. The molecule has 1 heterocycles. The molecule has 0 aromatic carbocycles. The number of carbonyl (C=O) groups excluding carboxylic acids is 1. The van der Waals surface area contributed by atoms with Crippen LogP contribution >= 0.6 is 11.8 Å². The van der Waals surface area contributed by atoms with Gasteiger partial charge in [0.2, 0.25) is 0 Å². The van der Waals surface area contributed by atoms with Gasteiger partial charge in [0.15, 0.2) is 0 Å². The maximum absolute atomic E-state index is 11.7. The van der Waals surface area contributed by atoms with Crippen LogP contribution in [0.3, 0.4) is 0 Å². The van der Waals surface area contributed by atoms with E-state index < -0.39 is 5.60 Å². The normalized spacial score (nSPS) is 15.4. The average Bonchev–Trinajstić information content (AvgIpc) is 2.81. The molecule has 0 fully saturated rings. The largest absolute Gasteiger partial charge is 0.463 e. The second-order valence-corrected chi connectivity index (χ2v) is 6.18. The molecule has 0 aliphatic rings. The third-order valence-electron chi connectivity index (χ3n) is 3.00. The fourth-order valence-corrected chi connectivity index (χ4v) is 2.29. The van der Waals surface area contributed by atoms with E-state index in [2.05, 4.69) is 10.6 Å². The Labute approximate surface area is 124 Å². The van der Waals surface area contributed by atoms with Gasteiger partial charge in [-0.25, -0.2) is 4.79 Å². The Hall–Kier alpha value is -1.14. The number of hydrogen-bond donors (Lipinski definition) is 3. The Bertz CT molecular complexity index is 432. The predicted octanol–water partition coefficient (Wildman–Crippen LogP) is 2.24. The Balaban J connectivity index is 2.40. The second-order valence-electron chi connectivity index (χ2n) is 5.19. The molecule has 0 saturated carbocycles. The first-order chi connectivity index (χ1) is 9.35. The SMILES string of the molecule is CSCC[C@H](C)NC(=O)NC[C@@](C)(O)c1ccc(C)o1. The molecule has 3 N–H and O–H groups in total. The minimum Gasteiger partial charge on any atom is -0.463 e. The van der Waals surface area contributed by atoms with E-state index >= 15 is 0 Å². The number of amides is 2. The van der Waals surface area contributed by atoms with Crippen molar-refractivity contribution in [3.63, 3.8) is 0 Å². The molecule has 5 nitrogen and oxygen atoms in total. The highest BCUT2D eigenvalue weighted by Gasteiger charge is 2.27. The van der Waals surface area contributed by atoms with E-state index in [9.17, 15) is 9.90 Å². The van der Waals surface area contributed by atoms with Crippen LogP contribution < -0.4 is 10.6 Å². The standard InChI is InChI=1S/C14H24N2O3S/c1-10(7-8-20-4)16-13(17)15-9-14(3,18)12-6-5-11(2)19-12/h5-6,10,18H,7-9H2,1-4H3,(H2,15,16,17)/t10-,14+/m0/s1. The lowest BCUT2D eigenvalue weighted by Gasteiger charge is -2.22. The van der Waals surface area contributed by atoms with Crippen LogP contribution in [0, 0.1) is 6.92 Å². The monoisotopic (exact) mass is 300 g/mol. The summed E-state index contributed by atoms with van der Waals surface area (Å²) >= 11 is 1.75. The number of rotatable bonds is 7. The number of urea groups is 1. The smallest absolute Gasteiger partial charge is 0.315 e. The summed E-state index contributed by atoms with van der Waals surface area (Å²) in [7, 11) is 0. The minimum absolute atomic E-state index is 0.0982. The quantitative estimate of drug-likeness (QED) is 0.722. The molecule has 0 aliphatic heterocycles. The van der Waals surface area contributed by atoms with Crippen molar-refractivity contribution in [3.05, 3.63) is 23.7 Å². The molecule has 1 aromatic rings. The summed E-state index contributed by atoms with van der Waals surface area (Å²) in [5, 5.41) is 15.8. The molecular formula is C14H24N2O3S. The van der Waals surface area contributed by atoms with Gasteiger partial charge in [-0.2, -0.15) is 11.8 Å². The number of hydrogen-bond acceptors (Lipinski definition) is 4. The van der Waals surface area contributed by atoms with E-state index in [-0.39, 0.29) is 18.6 Å². The Morgan fingerprint density at radius 3 is 2.80 bits per heavy atom. The zero-order valence-electron chi connectivity index (χ0n) is 12.5. The predicted molar refractivity (Wildman–Crippen MR) is 82.0 cm³/mol. The third kappa shape index (κ3) is 5.46. The van der Waals surface area contributed by atoms with Gasteiger partial charge in [-0.3, -0.25) is 0 Å². The Kier molecular flexibility index (Phi) is 6.42. The molecule has 0 radical (unpaired) electrons. The van der Waals surface area contributed by atoms with Crippen molar-refractivity contribution in [1.29, 1.82) is 0 Å². The van der Waals surface area contributed by atoms with Crippen LogP contribution in [0.1, 0.15) is 31.8 Å². The lowest BCUT2D eigenvalue weighted by Crippen LogP contribution is -2.46. The number of furan rings is 1. The zero-order valence-corrected chi connectivity index (χ0v) is 13.3. The molecule has 1 rings (SSSR count). The van der Waals surface area contributed by atoms with Gasteiger partial charge < -0.3 is 20.2 Å². The van der Waals surface area contributed by atoms with Crippen molar-refractivity contribution in [2.24, 2.45) is 0 Å². The number of aliphatic hydroxyl groups is 1. The van der Waals surface area contributed by atoms with Crippen LogP contribution in [0.2, 0.25) is 0 Å². The molecule has 6 heteroatoms. The van der Waals surface area contributed by atoms with Gasteiger partial charge in [0.05, 0.1) is 6.54 Å². The molecule has 0 spiro atoms. The summed E-state index contributed by atoms with van der Waals surface area (Å²) in [6.45, 7) is 5.49. The molecule has 0 bridgehead atoms. The van der Waals surface area contributed by atoms with Crippen molar-refractivity contribution in [2.45, 2.75) is 38.8 Å². The third-order valence-corrected chi connectivity index (χ3v) is 3.64. The maximum Gasteiger partial charge on any atom is 0.315 e. The van der Waals surface area contributed by atoms with Crippen LogP contribution in [0.5, 0.6) is 0 Å². The molecule has 114 valence electrons. The lowest BCUT2D eigenvalue weighted by molar-refractivity contribution is 0.0359. The lowest BCUT2D eigenvalue weighted by atomic mass is 10.0. The molecular weight excluding hydrogens is 276 g/mol. The molecule has 20 heavy (non-hydrogen) atoms.